The third kappa shape index (κ3) is 3.64. The lowest BCUT2D eigenvalue weighted by Crippen LogP contribution is -2.45. The number of anilines is 1. The highest BCUT2D eigenvalue weighted by atomic mass is 16.6. The Balaban J connectivity index is 2.30. The number of nitrogens with two attached hydrogens (primary N) is 1. The molecule has 2 N–H and O–H groups in total. The largest absolute Gasteiger partial charge is 0.484 e. The van der Waals surface area contributed by atoms with Crippen LogP contribution < -0.4 is 15.4 Å². The van der Waals surface area contributed by atoms with Crippen LogP contribution in [0.1, 0.15) is 33.6 Å². The summed E-state index contributed by atoms with van der Waals surface area (Å²) in [6, 6.07) is 5.64. The first-order valence-corrected chi connectivity index (χ1v) is 7.35. The molecule has 0 saturated carbocycles. The van der Waals surface area contributed by atoms with E-state index < -0.39 is 4.92 Å². The summed E-state index contributed by atoms with van der Waals surface area (Å²) in [5, 5.41) is 11.1. The van der Waals surface area contributed by atoms with Crippen LogP contribution in [0.3, 0.4) is 0 Å². The van der Waals surface area contributed by atoms with E-state index >= 15 is 0 Å². The second-order valence-electron chi connectivity index (χ2n) is 5.90. The van der Waals surface area contributed by atoms with Gasteiger partial charge in [-0.2, -0.15) is 0 Å². The average molecular weight is 293 g/mol. The summed E-state index contributed by atoms with van der Waals surface area (Å²) in [4.78, 5) is 12.9. The van der Waals surface area contributed by atoms with E-state index in [9.17, 15) is 10.1 Å². The van der Waals surface area contributed by atoms with Crippen LogP contribution in [0, 0.1) is 10.1 Å². The molecule has 116 valence electrons. The standard InChI is InChI=1S/C15H23N3O3/c1-10(2)21-15-9-13(4-5-14(15)18(19)20)17-7-6-12(16)8-11(17)3/h4-5,9-12H,6-8,16H2,1-3H3. The predicted molar refractivity (Wildman–Crippen MR) is 82.9 cm³/mol. The molecule has 21 heavy (non-hydrogen) atoms. The number of nitro groups is 1. The smallest absolute Gasteiger partial charge is 0.311 e. The van der Waals surface area contributed by atoms with Crippen molar-refractivity contribution in [1.29, 1.82) is 0 Å². The maximum Gasteiger partial charge on any atom is 0.311 e. The molecule has 1 saturated heterocycles. The Morgan fingerprint density at radius 2 is 2.19 bits per heavy atom. The fourth-order valence-corrected chi connectivity index (χ4v) is 2.77. The molecule has 2 unspecified atom stereocenters. The van der Waals surface area contributed by atoms with Crippen LogP contribution in [0.5, 0.6) is 5.75 Å². The minimum absolute atomic E-state index is 0.00816. The van der Waals surface area contributed by atoms with Crippen molar-refractivity contribution >= 4 is 11.4 Å². The number of rotatable bonds is 4. The van der Waals surface area contributed by atoms with Crippen molar-refractivity contribution in [1.82, 2.24) is 0 Å². The first-order chi connectivity index (χ1) is 9.88. The molecule has 0 aliphatic carbocycles. The van der Waals surface area contributed by atoms with Crippen molar-refractivity contribution in [3.63, 3.8) is 0 Å². The Kier molecular flexibility index (Phi) is 4.67. The fourth-order valence-electron chi connectivity index (χ4n) is 2.77. The number of piperidine rings is 1. The van der Waals surface area contributed by atoms with Gasteiger partial charge in [-0.1, -0.05) is 0 Å². The number of nitrogens with zero attached hydrogens (tertiary/aromatic N) is 2. The Labute approximate surface area is 125 Å². The van der Waals surface area contributed by atoms with Crippen LogP contribution in [0.25, 0.3) is 0 Å². The number of hydrogen-bond acceptors (Lipinski definition) is 5. The van der Waals surface area contributed by atoms with Crippen LogP contribution in [0.15, 0.2) is 18.2 Å². The van der Waals surface area contributed by atoms with E-state index in [1.807, 2.05) is 13.8 Å². The van der Waals surface area contributed by atoms with Crippen LogP contribution in [-0.2, 0) is 0 Å². The number of nitro benzene ring substituents is 1. The molecular formula is C15H23N3O3. The lowest BCUT2D eigenvalue weighted by molar-refractivity contribution is -0.386. The molecule has 1 aromatic rings. The highest BCUT2D eigenvalue weighted by molar-refractivity contribution is 5.60. The van der Waals surface area contributed by atoms with Crippen LogP contribution in [0.4, 0.5) is 11.4 Å². The summed E-state index contributed by atoms with van der Waals surface area (Å²) in [5.74, 6) is 0.328. The summed E-state index contributed by atoms with van der Waals surface area (Å²) >= 11 is 0. The zero-order valence-corrected chi connectivity index (χ0v) is 12.8. The molecule has 0 aromatic heterocycles. The molecular weight excluding hydrogens is 270 g/mol. The maximum atomic E-state index is 11.1. The van der Waals surface area contributed by atoms with Gasteiger partial charge in [0.05, 0.1) is 11.0 Å². The zero-order valence-electron chi connectivity index (χ0n) is 12.8. The Bertz CT molecular complexity index is 519. The van der Waals surface area contributed by atoms with Gasteiger partial charge >= 0.3 is 5.69 Å². The molecule has 0 bridgehead atoms. The zero-order chi connectivity index (χ0) is 15.6. The lowest BCUT2D eigenvalue weighted by atomic mass is 9.98. The van der Waals surface area contributed by atoms with Gasteiger partial charge in [0.1, 0.15) is 0 Å². The molecule has 1 aliphatic heterocycles. The van der Waals surface area contributed by atoms with Crippen LogP contribution in [0.2, 0.25) is 0 Å². The molecule has 1 heterocycles. The molecule has 2 rings (SSSR count). The third-order valence-corrected chi connectivity index (χ3v) is 3.75. The van der Waals surface area contributed by atoms with Gasteiger partial charge in [0, 0.05) is 36.4 Å². The van der Waals surface area contributed by atoms with E-state index in [0.717, 1.165) is 25.1 Å². The Hall–Kier alpha value is -1.82. The number of hydrogen-bond donors (Lipinski definition) is 1. The SMILES string of the molecule is CC(C)Oc1cc(N2CCC(N)CC2C)ccc1[N+](=O)[O-]. The number of ether oxygens (including phenoxy) is 1. The van der Waals surface area contributed by atoms with Crippen LogP contribution >= 0.6 is 0 Å². The van der Waals surface area contributed by atoms with Gasteiger partial charge in [-0.15, -0.1) is 0 Å². The highest BCUT2D eigenvalue weighted by Crippen LogP contribution is 2.34. The highest BCUT2D eigenvalue weighted by Gasteiger charge is 2.25. The monoisotopic (exact) mass is 293 g/mol. The summed E-state index contributed by atoms with van der Waals surface area (Å²) in [5.41, 5.74) is 6.95. The molecule has 2 atom stereocenters. The predicted octanol–water partition coefficient (Wildman–Crippen LogP) is 2.70. The second-order valence-corrected chi connectivity index (χ2v) is 5.90. The molecule has 6 heteroatoms. The van der Waals surface area contributed by atoms with Crippen molar-refractivity contribution in [2.75, 3.05) is 11.4 Å². The van der Waals surface area contributed by atoms with E-state index in [1.165, 1.54) is 6.07 Å². The van der Waals surface area contributed by atoms with E-state index in [0.29, 0.717) is 11.8 Å². The molecule has 0 radical (unpaired) electrons. The van der Waals surface area contributed by atoms with Gasteiger partial charge in [0.15, 0.2) is 5.75 Å². The molecule has 6 nitrogen and oxygen atoms in total. The Morgan fingerprint density at radius 3 is 2.76 bits per heavy atom. The summed E-state index contributed by atoms with van der Waals surface area (Å²) in [6.07, 6.45) is 1.75. The van der Waals surface area contributed by atoms with Crippen molar-refractivity contribution in [2.45, 2.75) is 51.8 Å². The van der Waals surface area contributed by atoms with Crippen LogP contribution in [-0.4, -0.2) is 29.7 Å². The third-order valence-electron chi connectivity index (χ3n) is 3.75. The van der Waals surface area contributed by atoms with Crippen molar-refractivity contribution < 1.29 is 9.66 Å². The first-order valence-electron chi connectivity index (χ1n) is 7.35. The van der Waals surface area contributed by atoms with Gasteiger partial charge in [-0.3, -0.25) is 10.1 Å². The fraction of sp³-hybridized carbons (Fsp3) is 0.600. The van der Waals surface area contributed by atoms with E-state index in [2.05, 4.69) is 11.8 Å². The topological polar surface area (TPSA) is 81.6 Å². The minimum Gasteiger partial charge on any atom is -0.484 e. The normalized spacial score (nSPS) is 22.4. The number of benzene rings is 1. The molecule has 1 aromatic carbocycles. The second kappa shape index (κ2) is 6.30. The summed E-state index contributed by atoms with van der Waals surface area (Å²) in [7, 11) is 0. The van der Waals surface area contributed by atoms with Gasteiger partial charge in [-0.25, -0.2) is 0 Å². The van der Waals surface area contributed by atoms with Crippen molar-refractivity contribution in [2.24, 2.45) is 5.73 Å². The van der Waals surface area contributed by atoms with E-state index in [1.54, 1.807) is 12.1 Å². The lowest BCUT2D eigenvalue weighted by Gasteiger charge is -2.38. The van der Waals surface area contributed by atoms with Crippen molar-refractivity contribution in [3.05, 3.63) is 28.3 Å². The minimum atomic E-state index is -0.406. The first kappa shape index (κ1) is 15.6. The van der Waals surface area contributed by atoms with E-state index in [4.69, 9.17) is 10.5 Å². The van der Waals surface area contributed by atoms with Gasteiger partial charge in [0.2, 0.25) is 0 Å². The van der Waals surface area contributed by atoms with Gasteiger partial charge in [-0.05, 0) is 39.7 Å². The van der Waals surface area contributed by atoms with Crippen molar-refractivity contribution in [3.8, 4) is 5.75 Å². The summed E-state index contributed by atoms with van der Waals surface area (Å²) < 4.78 is 5.60. The Morgan fingerprint density at radius 1 is 1.48 bits per heavy atom. The molecule has 1 fully saturated rings. The maximum absolute atomic E-state index is 11.1. The van der Waals surface area contributed by atoms with E-state index in [-0.39, 0.29) is 17.8 Å². The molecule has 0 amide bonds. The molecule has 1 aliphatic rings. The average Bonchev–Trinajstić information content (AvgIpc) is 2.37. The quantitative estimate of drug-likeness (QED) is 0.682. The molecule has 0 spiro atoms. The summed E-state index contributed by atoms with van der Waals surface area (Å²) in [6.45, 7) is 6.71. The van der Waals surface area contributed by atoms with Gasteiger partial charge in [0.25, 0.3) is 0 Å². The van der Waals surface area contributed by atoms with Gasteiger partial charge < -0.3 is 15.4 Å².